The van der Waals surface area contributed by atoms with Gasteiger partial charge < -0.3 is 10.2 Å². The van der Waals surface area contributed by atoms with Crippen molar-refractivity contribution in [2.75, 3.05) is 32.7 Å². The lowest BCUT2D eigenvalue weighted by molar-refractivity contribution is 0.207. The topological polar surface area (TPSA) is 15.3 Å². The minimum Gasteiger partial charge on any atom is -0.317 e. The summed E-state index contributed by atoms with van der Waals surface area (Å²) in [5.74, 6) is 0.921. The summed E-state index contributed by atoms with van der Waals surface area (Å²) < 4.78 is 0. The van der Waals surface area contributed by atoms with Crippen molar-refractivity contribution in [1.82, 2.24) is 10.2 Å². The largest absolute Gasteiger partial charge is 0.317 e. The number of hydrogen-bond acceptors (Lipinski definition) is 2. The molecule has 1 fully saturated rings. The smallest absolute Gasteiger partial charge is 0.00159 e. The van der Waals surface area contributed by atoms with Crippen LogP contribution >= 0.6 is 0 Å². The van der Waals surface area contributed by atoms with Gasteiger partial charge >= 0.3 is 0 Å². The first-order chi connectivity index (χ1) is 8.54. The van der Waals surface area contributed by atoms with Crippen molar-refractivity contribution in [3.05, 3.63) is 0 Å². The Morgan fingerprint density at radius 2 is 1.89 bits per heavy atom. The van der Waals surface area contributed by atoms with E-state index in [9.17, 15) is 0 Å². The summed E-state index contributed by atoms with van der Waals surface area (Å²) in [6, 6.07) is 0. The maximum Gasteiger partial charge on any atom is -0.00159 e. The van der Waals surface area contributed by atoms with Crippen LogP contribution in [0.25, 0.3) is 0 Å². The third-order valence-electron chi connectivity index (χ3n) is 4.37. The molecule has 0 saturated carbocycles. The Bertz CT molecular complexity index is 208. The minimum absolute atomic E-state index is 0.501. The number of likely N-dealkylation sites (tertiary alicyclic amines) is 1. The van der Waals surface area contributed by atoms with Gasteiger partial charge in [-0.3, -0.25) is 0 Å². The van der Waals surface area contributed by atoms with Gasteiger partial charge in [0.1, 0.15) is 0 Å². The molecule has 1 aliphatic rings. The number of hydrogen-bond donors (Lipinski definition) is 1. The third kappa shape index (κ3) is 6.19. The standard InChI is InChI=1S/C16H34N2/c1-5-17-11-6-7-12-18-13-8-9-15(10-14-18)16(2,3)4/h15,17H,5-14H2,1-4H3. The van der Waals surface area contributed by atoms with E-state index in [0.717, 1.165) is 12.5 Å². The van der Waals surface area contributed by atoms with Gasteiger partial charge in [-0.15, -0.1) is 0 Å². The second-order valence-corrected chi connectivity index (χ2v) is 6.90. The van der Waals surface area contributed by atoms with Crippen molar-refractivity contribution < 1.29 is 0 Å². The highest BCUT2D eigenvalue weighted by Crippen LogP contribution is 2.34. The van der Waals surface area contributed by atoms with Gasteiger partial charge in [-0.05, 0) is 76.2 Å². The molecule has 0 aromatic carbocycles. The van der Waals surface area contributed by atoms with E-state index in [0.29, 0.717) is 5.41 Å². The van der Waals surface area contributed by atoms with Crippen molar-refractivity contribution in [1.29, 1.82) is 0 Å². The Hall–Kier alpha value is -0.0800. The fourth-order valence-electron chi connectivity index (χ4n) is 3.01. The highest BCUT2D eigenvalue weighted by atomic mass is 15.1. The molecule has 1 atom stereocenters. The number of nitrogens with zero attached hydrogens (tertiary/aromatic N) is 1. The third-order valence-corrected chi connectivity index (χ3v) is 4.37. The van der Waals surface area contributed by atoms with E-state index in [4.69, 9.17) is 0 Å². The average molecular weight is 254 g/mol. The van der Waals surface area contributed by atoms with Crippen molar-refractivity contribution >= 4 is 0 Å². The van der Waals surface area contributed by atoms with Crippen LogP contribution in [-0.2, 0) is 0 Å². The van der Waals surface area contributed by atoms with E-state index in [1.165, 1.54) is 58.3 Å². The van der Waals surface area contributed by atoms with Crippen molar-refractivity contribution in [3.63, 3.8) is 0 Å². The van der Waals surface area contributed by atoms with Crippen molar-refractivity contribution in [2.24, 2.45) is 11.3 Å². The van der Waals surface area contributed by atoms with Crippen LogP contribution in [0.1, 0.15) is 59.8 Å². The average Bonchev–Trinajstić information content (AvgIpc) is 2.53. The lowest BCUT2D eigenvalue weighted by Gasteiger charge is -2.29. The predicted molar refractivity (Wildman–Crippen MR) is 81.0 cm³/mol. The lowest BCUT2D eigenvalue weighted by atomic mass is 9.77. The Kier molecular flexibility index (Phi) is 7.25. The number of rotatable bonds is 6. The fourth-order valence-corrected chi connectivity index (χ4v) is 3.01. The van der Waals surface area contributed by atoms with Crippen molar-refractivity contribution in [2.45, 2.75) is 59.8 Å². The molecule has 0 aromatic rings. The molecule has 0 amide bonds. The second-order valence-electron chi connectivity index (χ2n) is 6.90. The lowest BCUT2D eigenvalue weighted by Crippen LogP contribution is -2.28. The zero-order valence-corrected chi connectivity index (χ0v) is 13.1. The summed E-state index contributed by atoms with van der Waals surface area (Å²) in [5.41, 5.74) is 0.501. The molecule has 0 radical (unpaired) electrons. The molecule has 108 valence electrons. The van der Waals surface area contributed by atoms with Crippen LogP contribution in [-0.4, -0.2) is 37.6 Å². The zero-order chi connectivity index (χ0) is 13.4. The van der Waals surface area contributed by atoms with E-state index in [2.05, 4.69) is 37.9 Å². The van der Waals surface area contributed by atoms with Gasteiger partial charge in [-0.1, -0.05) is 27.7 Å². The molecule has 18 heavy (non-hydrogen) atoms. The molecular formula is C16H34N2. The van der Waals surface area contributed by atoms with E-state index in [1.807, 2.05) is 0 Å². The Balaban J connectivity index is 2.17. The molecule has 1 rings (SSSR count). The Morgan fingerprint density at radius 3 is 2.56 bits per heavy atom. The van der Waals surface area contributed by atoms with Gasteiger partial charge in [0, 0.05) is 0 Å². The molecule has 1 aliphatic heterocycles. The first-order valence-corrected chi connectivity index (χ1v) is 7.97. The maximum absolute atomic E-state index is 3.41. The number of nitrogens with one attached hydrogen (secondary N) is 1. The molecule has 0 bridgehead atoms. The van der Waals surface area contributed by atoms with E-state index in [1.54, 1.807) is 0 Å². The summed E-state index contributed by atoms with van der Waals surface area (Å²) in [7, 11) is 0. The molecule has 1 saturated heterocycles. The van der Waals surface area contributed by atoms with Crippen LogP contribution in [0.5, 0.6) is 0 Å². The molecule has 0 aliphatic carbocycles. The van der Waals surface area contributed by atoms with Crippen LogP contribution in [0.2, 0.25) is 0 Å². The van der Waals surface area contributed by atoms with E-state index < -0.39 is 0 Å². The molecule has 2 nitrogen and oxygen atoms in total. The van der Waals surface area contributed by atoms with Crippen LogP contribution < -0.4 is 5.32 Å². The molecule has 1 heterocycles. The second kappa shape index (κ2) is 8.16. The molecule has 0 spiro atoms. The zero-order valence-electron chi connectivity index (χ0n) is 13.1. The van der Waals surface area contributed by atoms with Crippen molar-refractivity contribution in [3.8, 4) is 0 Å². The monoisotopic (exact) mass is 254 g/mol. The first kappa shape index (κ1) is 16.0. The minimum atomic E-state index is 0.501. The molecular weight excluding hydrogens is 220 g/mol. The molecule has 2 heteroatoms. The predicted octanol–water partition coefficient (Wildman–Crippen LogP) is 3.52. The normalized spacial score (nSPS) is 23.0. The molecule has 0 aromatic heterocycles. The van der Waals surface area contributed by atoms with Crippen LogP contribution in [0, 0.1) is 11.3 Å². The maximum atomic E-state index is 3.41. The fraction of sp³-hybridized carbons (Fsp3) is 1.00. The van der Waals surface area contributed by atoms with E-state index >= 15 is 0 Å². The molecule has 1 unspecified atom stereocenters. The van der Waals surface area contributed by atoms with Gasteiger partial charge in [0.25, 0.3) is 0 Å². The molecule has 1 N–H and O–H groups in total. The summed E-state index contributed by atoms with van der Waals surface area (Å²) in [4.78, 5) is 2.69. The highest BCUT2D eigenvalue weighted by Gasteiger charge is 2.26. The van der Waals surface area contributed by atoms with Crippen LogP contribution in [0.3, 0.4) is 0 Å². The van der Waals surface area contributed by atoms with Gasteiger partial charge in [0.15, 0.2) is 0 Å². The van der Waals surface area contributed by atoms with Crippen LogP contribution in [0.4, 0.5) is 0 Å². The SMILES string of the molecule is CCNCCCCN1CCCC(C(C)(C)C)CC1. The number of unbranched alkanes of at least 4 members (excludes halogenated alkanes) is 1. The summed E-state index contributed by atoms with van der Waals surface area (Å²) in [5, 5.41) is 3.41. The van der Waals surface area contributed by atoms with Gasteiger partial charge in [0.05, 0.1) is 0 Å². The van der Waals surface area contributed by atoms with Gasteiger partial charge in [-0.2, -0.15) is 0 Å². The van der Waals surface area contributed by atoms with Crippen LogP contribution in [0.15, 0.2) is 0 Å². The van der Waals surface area contributed by atoms with E-state index in [-0.39, 0.29) is 0 Å². The summed E-state index contributed by atoms with van der Waals surface area (Å²) in [6.07, 6.45) is 6.91. The highest BCUT2D eigenvalue weighted by molar-refractivity contribution is 4.78. The van der Waals surface area contributed by atoms with Gasteiger partial charge in [-0.25, -0.2) is 0 Å². The first-order valence-electron chi connectivity index (χ1n) is 7.97. The summed E-state index contributed by atoms with van der Waals surface area (Å²) >= 11 is 0. The Labute approximate surface area is 115 Å². The Morgan fingerprint density at radius 1 is 1.11 bits per heavy atom. The summed E-state index contributed by atoms with van der Waals surface area (Å²) in [6.45, 7) is 15.7. The van der Waals surface area contributed by atoms with Gasteiger partial charge in [0.2, 0.25) is 0 Å². The quantitative estimate of drug-likeness (QED) is 0.730.